The summed E-state index contributed by atoms with van der Waals surface area (Å²) in [5, 5.41) is 9.46. The molecule has 4 rings (SSSR count). The molecule has 2 heteroatoms. The van der Waals surface area contributed by atoms with E-state index in [1.54, 1.807) is 12.1 Å². The Bertz CT molecular complexity index is 618. The Morgan fingerprint density at radius 2 is 1.75 bits per heavy atom. The maximum Gasteiger partial charge on any atom is 0.127 e. The van der Waals surface area contributed by atoms with Crippen LogP contribution >= 0.6 is 0 Å². The molecule has 1 aliphatic carbocycles. The Morgan fingerprint density at radius 3 is 2.60 bits per heavy atom. The molecule has 2 aromatic carbocycles. The summed E-state index contributed by atoms with van der Waals surface area (Å²) in [5.41, 5.74) is 2.55. The summed E-state index contributed by atoms with van der Waals surface area (Å²) in [4.78, 5) is 0. The van der Waals surface area contributed by atoms with Gasteiger partial charge in [-0.15, -0.1) is 0 Å². The molecule has 1 saturated carbocycles. The first-order chi connectivity index (χ1) is 9.83. The second kappa shape index (κ2) is 4.55. The fourth-order valence-electron chi connectivity index (χ4n) is 3.83. The monoisotopic (exact) mass is 266 g/mol. The zero-order valence-electron chi connectivity index (χ0n) is 11.3. The Morgan fingerprint density at radius 1 is 0.950 bits per heavy atom. The number of rotatable bonds is 1. The van der Waals surface area contributed by atoms with Crippen molar-refractivity contribution in [2.24, 2.45) is 5.92 Å². The van der Waals surface area contributed by atoms with E-state index in [2.05, 4.69) is 18.2 Å². The fourth-order valence-corrected chi connectivity index (χ4v) is 3.83. The predicted molar refractivity (Wildman–Crippen MR) is 78.0 cm³/mol. The van der Waals surface area contributed by atoms with Gasteiger partial charge in [-0.3, -0.25) is 0 Å². The molecule has 2 aliphatic rings. The number of aromatic hydroxyl groups is 1. The Balaban J connectivity index is 1.76. The number of hydrogen-bond acceptors (Lipinski definition) is 2. The van der Waals surface area contributed by atoms with Crippen LogP contribution in [-0.2, 0) is 0 Å². The Labute approximate surface area is 119 Å². The summed E-state index contributed by atoms with van der Waals surface area (Å²) < 4.78 is 6.29. The van der Waals surface area contributed by atoms with E-state index >= 15 is 0 Å². The van der Waals surface area contributed by atoms with Gasteiger partial charge in [-0.05, 0) is 48.1 Å². The zero-order valence-corrected chi connectivity index (χ0v) is 11.3. The number of ether oxygens (including phenoxy) is 1. The van der Waals surface area contributed by atoms with Crippen LogP contribution in [0.25, 0.3) is 0 Å². The summed E-state index contributed by atoms with van der Waals surface area (Å²) >= 11 is 0. The summed E-state index contributed by atoms with van der Waals surface area (Å²) in [6.45, 7) is 0. The van der Waals surface area contributed by atoms with Crippen LogP contribution in [0.4, 0.5) is 0 Å². The molecule has 0 spiro atoms. The largest absolute Gasteiger partial charge is 0.508 e. The van der Waals surface area contributed by atoms with Crippen LogP contribution in [0, 0.1) is 5.92 Å². The lowest BCUT2D eigenvalue weighted by Crippen LogP contribution is -2.26. The zero-order chi connectivity index (χ0) is 13.5. The molecular formula is C18H18O2. The molecule has 0 saturated heterocycles. The van der Waals surface area contributed by atoms with Gasteiger partial charge in [0.25, 0.3) is 0 Å². The van der Waals surface area contributed by atoms with Crippen LogP contribution in [0.15, 0.2) is 48.5 Å². The molecule has 0 bridgehead atoms. The van der Waals surface area contributed by atoms with Crippen LogP contribution in [0.1, 0.15) is 42.4 Å². The van der Waals surface area contributed by atoms with E-state index in [1.807, 2.05) is 18.2 Å². The van der Waals surface area contributed by atoms with Gasteiger partial charge in [0.1, 0.15) is 17.6 Å². The van der Waals surface area contributed by atoms with Crippen LogP contribution in [-0.4, -0.2) is 5.11 Å². The van der Waals surface area contributed by atoms with Gasteiger partial charge in [0.15, 0.2) is 0 Å². The van der Waals surface area contributed by atoms with Gasteiger partial charge in [0, 0.05) is 5.92 Å². The summed E-state index contributed by atoms with van der Waals surface area (Å²) in [6.07, 6.45) is 3.89. The SMILES string of the molecule is Oc1ccc([C@@H]2Oc3ccccc3[C@H]3CCC[C@H]32)cc1. The molecular weight excluding hydrogens is 248 g/mol. The normalized spacial score (nSPS) is 27.5. The van der Waals surface area contributed by atoms with Gasteiger partial charge >= 0.3 is 0 Å². The highest BCUT2D eigenvalue weighted by atomic mass is 16.5. The smallest absolute Gasteiger partial charge is 0.127 e. The Hall–Kier alpha value is -1.96. The second-order valence-corrected chi connectivity index (χ2v) is 5.87. The predicted octanol–water partition coefficient (Wildman–Crippen LogP) is 4.41. The van der Waals surface area contributed by atoms with Crippen molar-refractivity contribution in [3.8, 4) is 11.5 Å². The topological polar surface area (TPSA) is 29.5 Å². The lowest BCUT2D eigenvalue weighted by atomic mass is 9.80. The molecule has 0 aromatic heterocycles. The third-order valence-electron chi connectivity index (χ3n) is 4.75. The number of hydrogen-bond donors (Lipinski definition) is 1. The summed E-state index contributed by atoms with van der Waals surface area (Å²) in [6, 6.07) is 15.9. The van der Waals surface area contributed by atoms with Gasteiger partial charge in [0.2, 0.25) is 0 Å². The minimum absolute atomic E-state index is 0.123. The van der Waals surface area contributed by atoms with Crippen LogP contribution < -0.4 is 4.74 Å². The van der Waals surface area contributed by atoms with E-state index in [1.165, 1.54) is 30.4 Å². The minimum Gasteiger partial charge on any atom is -0.508 e. The number of fused-ring (bicyclic) bond motifs is 3. The van der Waals surface area contributed by atoms with Crippen LogP contribution in [0.3, 0.4) is 0 Å². The number of benzene rings is 2. The maximum atomic E-state index is 9.46. The van der Waals surface area contributed by atoms with E-state index in [4.69, 9.17) is 4.74 Å². The highest BCUT2D eigenvalue weighted by Crippen LogP contribution is 2.53. The minimum atomic E-state index is 0.123. The quantitative estimate of drug-likeness (QED) is 0.828. The summed E-state index contributed by atoms with van der Waals surface area (Å²) in [5.74, 6) is 2.54. The fraction of sp³-hybridized carbons (Fsp3) is 0.333. The molecule has 1 fully saturated rings. The molecule has 0 unspecified atom stereocenters. The van der Waals surface area contributed by atoms with E-state index in [0.717, 1.165) is 5.75 Å². The molecule has 2 nitrogen and oxygen atoms in total. The van der Waals surface area contributed by atoms with Gasteiger partial charge in [0.05, 0.1) is 0 Å². The molecule has 0 amide bonds. The first kappa shape index (κ1) is 11.8. The summed E-state index contributed by atoms with van der Waals surface area (Å²) in [7, 11) is 0. The highest BCUT2D eigenvalue weighted by molar-refractivity contribution is 5.41. The third kappa shape index (κ3) is 1.79. The van der Waals surface area contributed by atoms with Crippen molar-refractivity contribution in [1.82, 2.24) is 0 Å². The molecule has 3 atom stereocenters. The maximum absolute atomic E-state index is 9.46. The number of phenols is 1. The molecule has 1 N–H and O–H groups in total. The van der Waals surface area contributed by atoms with Crippen molar-refractivity contribution in [3.05, 3.63) is 59.7 Å². The average Bonchev–Trinajstić information content (AvgIpc) is 2.97. The van der Waals surface area contributed by atoms with E-state index < -0.39 is 0 Å². The van der Waals surface area contributed by atoms with Crippen molar-refractivity contribution >= 4 is 0 Å². The van der Waals surface area contributed by atoms with Gasteiger partial charge < -0.3 is 9.84 Å². The molecule has 1 heterocycles. The highest BCUT2D eigenvalue weighted by Gasteiger charge is 2.41. The van der Waals surface area contributed by atoms with Crippen molar-refractivity contribution in [3.63, 3.8) is 0 Å². The Kier molecular flexibility index (Phi) is 2.69. The molecule has 0 radical (unpaired) electrons. The van der Waals surface area contributed by atoms with Crippen molar-refractivity contribution in [1.29, 1.82) is 0 Å². The van der Waals surface area contributed by atoms with E-state index in [0.29, 0.717) is 17.6 Å². The van der Waals surface area contributed by atoms with Crippen LogP contribution in [0.5, 0.6) is 11.5 Å². The number of para-hydroxylation sites is 1. The molecule has 20 heavy (non-hydrogen) atoms. The third-order valence-corrected chi connectivity index (χ3v) is 4.75. The lowest BCUT2D eigenvalue weighted by Gasteiger charge is -2.36. The lowest BCUT2D eigenvalue weighted by molar-refractivity contribution is 0.104. The van der Waals surface area contributed by atoms with Crippen molar-refractivity contribution < 1.29 is 9.84 Å². The molecule has 2 aromatic rings. The van der Waals surface area contributed by atoms with Crippen molar-refractivity contribution in [2.45, 2.75) is 31.3 Å². The first-order valence-electron chi connectivity index (χ1n) is 7.37. The van der Waals surface area contributed by atoms with E-state index in [9.17, 15) is 5.11 Å². The van der Waals surface area contributed by atoms with Gasteiger partial charge in [-0.1, -0.05) is 36.8 Å². The second-order valence-electron chi connectivity index (χ2n) is 5.87. The number of phenolic OH excluding ortho intramolecular Hbond substituents is 1. The van der Waals surface area contributed by atoms with Crippen LogP contribution in [0.2, 0.25) is 0 Å². The molecule has 1 aliphatic heterocycles. The van der Waals surface area contributed by atoms with E-state index in [-0.39, 0.29) is 6.10 Å². The standard InChI is InChI=1S/C18H18O2/c19-13-10-8-12(9-11-13)18-16-6-3-5-14(16)15-4-1-2-7-17(15)20-18/h1-2,4,7-11,14,16,18-19H,3,5-6H2/t14-,16-,18+/m1/s1. The first-order valence-corrected chi connectivity index (χ1v) is 7.37. The van der Waals surface area contributed by atoms with Crippen molar-refractivity contribution in [2.75, 3.05) is 0 Å². The average molecular weight is 266 g/mol. The van der Waals surface area contributed by atoms with Gasteiger partial charge in [-0.2, -0.15) is 0 Å². The van der Waals surface area contributed by atoms with Gasteiger partial charge in [-0.25, -0.2) is 0 Å². The molecule has 102 valence electrons.